The first-order valence-electron chi connectivity index (χ1n) is 8.93. The van der Waals surface area contributed by atoms with Gasteiger partial charge in [-0.15, -0.1) is 0 Å². The summed E-state index contributed by atoms with van der Waals surface area (Å²) >= 11 is 0. The smallest absolute Gasteiger partial charge is 0.00385 e. The van der Waals surface area contributed by atoms with Gasteiger partial charge in [-0.25, -0.2) is 0 Å². The molecule has 0 radical (unpaired) electrons. The van der Waals surface area contributed by atoms with E-state index in [1.54, 1.807) is 0 Å². The Labute approximate surface area is 126 Å². The lowest BCUT2D eigenvalue weighted by Gasteiger charge is -2.42. The van der Waals surface area contributed by atoms with E-state index in [0.717, 1.165) is 29.7 Å². The van der Waals surface area contributed by atoms with Gasteiger partial charge in [-0.2, -0.15) is 0 Å². The summed E-state index contributed by atoms with van der Waals surface area (Å²) < 4.78 is 0. The van der Waals surface area contributed by atoms with Crippen molar-refractivity contribution in [2.24, 2.45) is 23.7 Å². The summed E-state index contributed by atoms with van der Waals surface area (Å²) in [5, 5.41) is 0. The average molecular weight is 280 g/mol. The summed E-state index contributed by atoms with van der Waals surface area (Å²) in [5.41, 5.74) is 0. The Balaban J connectivity index is 1.73. The van der Waals surface area contributed by atoms with Gasteiger partial charge < -0.3 is 9.80 Å². The van der Waals surface area contributed by atoms with Crippen molar-refractivity contribution < 1.29 is 0 Å². The van der Waals surface area contributed by atoms with Crippen LogP contribution in [0.2, 0.25) is 0 Å². The third kappa shape index (κ3) is 4.21. The van der Waals surface area contributed by atoms with E-state index in [-0.39, 0.29) is 0 Å². The molecule has 2 nitrogen and oxygen atoms in total. The molecule has 2 saturated heterocycles. The number of nitrogens with zero attached hydrogens (tertiary/aromatic N) is 2. The first-order valence-corrected chi connectivity index (χ1v) is 8.93. The van der Waals surface area contributed by atoms with Crippen LogP contribution in [0.3, 0.4) is 0 Å². The highest BCUT2D eigenvalue weighted by atomic mass is 15.2. The Morgan fingerprint density at radius 2 is 1.60 bits per heavy atom. The van der Waals surface area contributed by atoms with Crippen LogP contribution in [0.15, 0.2) is 0 Å². The fourth-order valence-electron chi connectivity index (χ4n) is 4.42. The molecular formula is C18H36N2. The van der Waals surface area contributed by atoms with E-state index >= 15 is 0 Å². The van der Waals surface area contributed by atoms with E-state index in [4.69, 9.17) is 0 Å². The molecule has 2 aliphatic heterocycles. The van der Waals surface area contributed by atoms with Gasteiger partial charge in [0.15, 0.2) is 0 Å². The van der Waals surface area contributed by atoms with Gasteiger partial charge in [-0.05, 0) is 76.4 Å². The molecule has 0 bridgehead atoms. The maximum atomic E-state index is 2.76. The third-order valence-corrected chi connectivity index (χ3v) is 5.81. The van der Waals surface area contributed by atoms with Crippen molar-refractivity contribution in [1.82, 2.24) is 9.80 Å². The van der Waals surface area contributed by atoms with Crippen molar-refractivity contribution in [2.75, 3.05) is 32.7 Å². The van der Waals surface area contributed by atoms with Crippen molar-refractivity contribution in [3.63, 3.8) is 0 Å². The number of hydrogen-bond donors (Lipinski definition) is 0. The predicted octanol–water partition coefficient (Wildman–Crippen LogP) is 3.72. The minimum Gasteiger partial charge on any atom is -0.303 e. The second-order valence-corrected chi connectivity index (χ2v) is 8.01. The van der Waals surface area contributed by atoms with Crippen LogP contribution < -0.4 is 0 Å². The number of rotatable bonds is 4. The van der Waals surface area contributed by atoms with Crippen molar-refractivity contribution in [2.45, 2.75) is 59.9 Å². The molecule has 0 unspecified atom stereocenters. The third-order valence-electron chi connectivity index (χ3n) is 5.81. The molecule has 0 N–H and O–H groups in total. The normalized spacial score (nSPS) is 31.4. The van der Waals surface area contributed by atoms with E-state index in [0.29, 0.717) is 0 Å². The van der Waals surface area contributed by atoms with Crippen LogP contribution in [0.5, 0.6) is 0 Å². The van der Waals surface area contributed by atoms with Gasteiger partial charge >= 0.3 is 0 Å². The molecule has 0 aromatic heterocycles. The van der Waals surface area contributed by atoms with E-state index in [9.17, 15) is 0 Å². The molecule has 0 saturated carbocycles. The van der Waals surface area contributed by atoms with E-state index in [1.165, 1.54) is 52.0 Å². The summed E-state index contributed by atoms with van der Waals surface area (Å²) in [4.78, 5) is 5.41. The quantitative estimate of drug-likeness (QED) is 0.774. The second kappa shape index (κ2) is 7.26. The summed E-state index contributed by atoms with van der Waals surface area (Å²) in [7, 11) is 0. The lowest BCUT2D eigenvalue weighted by Crippen LogP contribution is -2.45. The molecule has 2 aliphatic rings. The van der Waals surface area contributed by atoms with Gasteiger partial charge in [0.2, 0.25) is 0 Å². The fraction of sp³-hybridized carbons (Fsp3) is 1.00. The van der Waals surface area contributed by atoms with Crippen LogP contribution in [0.4, 0.5) is 0 Å². The zero-order chi connectivity index (χ0) is 14.7. The zero-order valence-electron chi connectivity index (χ0n) is 14.4. The average Bonchev–Trinajstić information content (AvgIpc) is 2.39. The topological polar surface area (TPSA) is 6.48 Å². The molecule has 0 amide bonds. The van der Waals surface area contributed by atoms with Gasteiger partial charge in [0.25, 0.3) is 0 Å². The summed E-state index contributed by atoms with van der Waals surface area (Å²) in [6.07, 6.45) is 4.25. The van der Waals surface area contributed by atoms with Gasteiger partial charge in [-0.1, -0.05) is 20.8 Å². The van der Waals surface area contributed by atoms with Crippen LogP contribution in [0.25, 0.3) is 0 Å². The molecule has 118 valence electrons. The standard InChI is InChI=1S/C18H36N2/c1-14(2)18-8-9-19(12-16(18)5)13-17-6-10-20(11-7-17)15(3)4/h14-18H,6-13H2,1-5H3/t16-,18-/m1/s1. The molecule has 0 spiro atoms. The molecule has 2 heteroatoms. The monoisotopic (exact) mass is 280 g/mol. The Bertz CT molecular complexity index is 279. The van der Waals surface area contributed by atoms with Crippen LogP contribution in [-0.2, 0) is 0 Å². The highest BCUT2D eigenvalue weighted by Crippen LogP contribution is 2.30. The molecule has 20 heavy (non-hydrogen) atoms. The number of hydrogen-bond acceptors (Lipinski definition) is 2. The Morgan fingerprint density at radius 1 is 0.950 bits per heavy atom. The minimum absolute atomic E-state index is 0.734. The molecule has 2 heterocycles. The number of piperidine rings is 2. The Hall–Kier alpha value is -0.0800. The minimum atomic E-state index is 0.734. The lowest BCUT2D eigenvalue weighted by atomic mass is 9.79. The second-order valence-electron chi connectivity index (χ2n) is 8.01. The van der Waals surface area contributed by atoms with E-state index in [1.807, 2.05) is 0 Å². The first-order chi connectivity index (χ1) is 9.47. The maximum absolute atomic E-state index is 2.76. The number of likely N-dealkylation sites (tertiary alicyclic amines) is 2. The van der Waals surface area contributed by atoms with E-state index in [2.05, 4.69) is 44.4 Å². The van der Waals surface area contributed by atoms with Crippen LogP contribution in [0.1, 0.15) is 53.9 Å². The van der Waals surface area contributed by atoms with Crippen LogP contribution >= 0.6 is 0 Å². The van der Waals surface area contributed by atoms with Crippen molar-refractivity contribution in [3.8, 4) is 0 Å². The van der Waals surface area contributed by atoms with Crippen molar-refractivity contribution in [1.29, 1.82) is 0 Å². The van der Waals surface area contributed by atoms with Crippen LogP contribution in [0, 0.1) is 23.7 Å². The van der Waals surface area contributed by atoms with Gasteiger partial charge in [0.1, 0.15) is 0 Å². The Kier molecular flexibility index (Phi) is 5.92. The van der Waals surface area contributed by atoms with Crippen molar-refractivity contribution >= 4 is 0 Å². The highest BCUT2D eigenvalue weighted by Gasteiger charge is 2.30. The highest BCUT2D eigenvalue weighted by molar-refractivity contribution is 4.83. The zero-order valence-corrected chi connectivity index (χ0v) is 14.4. The van der Waals surface area contributed by atoms with E-state index < -0.39 is 0 Å². The molecule has 0 aliphatic carbocycles. The van der Waals surface area contributed by atoms with Gasteiger partial charge in [-0.3, -0.25) is 0 Å². The van der Waals surface area contributed by atoms with Crippen molar-refractivity contribution in [3.05, 3.63) is 0 Å². The SMILES string of the molecule is CC(C)[C@H]1CCN(CC2CCN(C(C)C)CC2)C[C@H]1C. The maximum Gasteiger partial charge on any atom is 0.00385 e. The lowest BCUT2D eigenvalue weighted by molar-refractivity contribution is 0.0687. The fourth-order valence-corrected chi connectivity index (χ4v) is 4.42. The summed E-state index contributed by atoms with van der Waals surface area (Å²) in [6, 6.07) is 0.734. The molecule has 2 fully saturated rings. The van der Waals surface area contributed by atoms with Crippen LogP contribution in [-0.4, -0.2) is 48.6 Å². The molecule has 0 aromatic rings. The molecule has 2 atom stereocenters. The van der Waals surface area contributed by atoms with Gasteiger partial charge in [0, 0.05) is 19.1 Å². The molecule has 0 aromatic carbocycles. The van der Waals surface area contributed by atoms with Gasteiger partial charge in [0.05, 0.1) is 0 Å². The largest absolute Gasteiger partial charge is 0.303 e. The predicted molar refractivity (Wildman–Crippen MR) is 88.0 cm³/mol. The summed E-state index contributed by atoms with van der Waals surface area (Å²) in [5.74, 6) is 3.66. The summed E-state index contributed by atoms with van der Waals surface area (Å²) in [6.45, 7) is 18.6. The molecule has 2 rings (SSSR count). The molecular weight excluding hydrogens is 244 g/mol. The Morgan fingerprint density at radius 3 is 2.10 bits per heavy atom. The first kappa shape index (κ1) is 16.3.